The highest BCUT2D eigenvalue weighted by Crippen LogP contribution is 2.16. The van der Waals surface area contributed by atoms with E-state index in [-0.39, 0.29) is 18.4 Å². The van der Waals surface area contributed by atoms with Crippen molar-refractivity contribution in [3.63, 3.8) is 0 Å². The van der Waals surface area contributed by atoms with Gasteiger partial charge in [0, 0.05) is 25.1 Å². The largest absolute Gasteiger partial charge is 0.354 e. The summed E-state index contributed by atoms with van der Waals surface area (Å²) in [6.45, 7) is 5.44. The second-order valence-corrected chi connectivity index (χ2v) is 7.17. The molecule has 6 nitrogen and oxygen atoms in total. The Kier molecular flexibility index (Phi) is 6.42. The number of nitrogens with one attached hydrogen (secondary N) is 2. The fraction of sp³-hybridized carbons (Fsp3) is 0.318. The monoisotopic (exact) mass is 378 g/mol. The van der Waals surface area contributed by atoms with Crippen LogP contribution >= 0.6 is 0 Å². The van der Waals surface area contributed by atoms with Gasteiger partial charge in [-0.15, -0.1) is 0 Å². The molecule has 6 heteroatoms. The van der Waals surface area contributed by atoms with E-state index >= 15 is 0 Å². The molecule has 2 amide bonds. The van der Waals surface area contributed by atoms with Crippen molar-refractivity contribution >= 4 is 22.8 Å². The van der Waals surface area contributed by atoms with E-state index in [9.17, 15) is 9.59 Å². The minimum atomic E-state index is -0.113. The molecule has 1 aromatic heterocycles. The van der Waals surface area contributed by atoms with E-state index in [1.54, 1.807) is 12.1 Å². The van der Waals surface area contributed by atoms with Crippen LogP contribution in [-0.4, -0.2) is 34.5 Å². The number of carbonyl (C=O) groups is 2. The fourth-order valence-electron chi connectivity index (χ4n) is 2.99. The van der Waals surface area contributed by atoms with E-state index in [0.29, 0.717) is 31.0 Å². The number of hydrogen-bond donors (Lipinski definition) is 2. The summed E-state index contributed by atoms with van der Waals surface area (Å²) in [5, 5.41) is 5.87. The first-order valence-electron chi connectivity index (χ1n) is 9.58. The van der Waals surface area contributed by atoms with Gasteiger partial charge in [0.05, 0.1) is 11.0 Å². The number of rotatable bonds is 8. The van der Waals surface area contributed by atoms with Gasteiger partial charge in [0.2, 0.25) is 5.91 Å². The number of fused-ring (bicyclic) bond motifs is 1. The van der Waals surface area contributed by atoms with Crippen molar-refractivity contribution in [3.8, 4) is 0 Å². The minimum Gasteiger partial charge on any atom is -0.354 e. The summed E-state index contributed by atoms with van der Waals surface area (Å²) in [6, 6.07) is 16.9. The number of hydrogen-bond acceptors (Lipinski definition) is 3. The summed E-state index contributed by atoms with van der Waals surface area (Å²) >= 11 is 0. The first-order valence-corrected chi connectivity index (χ1v) is 9.58. The van der Waals surface area contributed by atoms with Crippen molar-refractivity contribution in [2.75, 3.05) is 13.1 Å². The Morgan fingerprint density at radius 2 is 1.71 bits per heavy atom. The zero-order valence-corrected chi connectivity index (χ0v) is 16.3. The Balaban J connectivity index is 1.69. The standard InChI is InChI=1S/C22H26N4O2/c1-16(2)14-24-21(27)15-26-19-11-7-6-10-18(19)25-20(26)12-13-23-22(28)17-8-4-3-5-9-17/h3-11,16H,12-15H2,1-2H3,(H,23,28)(H,24,27). The molecular formula is C22H26N4O2. The third-order valence-electron chi connectivity index (χ3n) is 4.41. The summed E-state index contributed by atoms with van der Waals surface area (Å²) in [5.74, 6) is 1.04. The second-order valence-electron chi connectivity index (χ2n) is 7.17. The Morgan fingerprint density at radius 3 is 2.46 bits per heavy atom. The quantitative estimate of drug-likeness (QED) is 0.633. The smallest absolute Gasteiger partial charge is 0.251 e. The van der Waals surface area contributed by atoms with Crippen LogP contribution in [0, 0.1) is 5.92 Å². The highest BCUT2D eigenvalue weighted by atomic mass is 16.2. The van der Waals surface area contributed by atoms with E-state index in [1.165, 1.54) is 0 Å². The van der Waals surface area contributed by atoms with Crippen molar-refractivity contribution in [1.82, 2.24) is 20.2 Å². The van der Waals surface area contributed by atoms with Gasteiger partial charge in [0.25, 0.3) is 5.91 Å². The van der Waals surface area contributed by atoms with Gasteiger partial charge >= 0.3 is 0 Å². The molecule has 0 aliphatic rings. The number of para-hydroxylation sites is 2. The van der Waals surface area contributed by atoms with Crippen LogP contribution in [-0.2, 0) is 17.8 Å². The van der Waals surface area contributed by atoms with Gasteiger partial charge in [0.1, 0.15) is 12.4 Å². The molecule has 0 aliphatic heterocycles. The summed E-state index contributed by atoms with van der Waals surface area (Å²) in [5.41, 5.74) is 2.40. The summed E-state index contributed by atoms with van der Waals surface area (Å²) < 4.78 is 1.93. The first kappa shape index (κ1) is 19.6. The maximum absolute atomic E-state index is 12.3. The molecule has 0 saturated carbocycles. The van der Waals surface area contributed by atoms with Crippen LogP contribution in [0.25, 0.3) is 11.0 Å². The predicted molar refractivity (Wildman–Crippen MR) is 110 cm³/mol. The molecule has 2 aromatic carbocycles. The van der Waals surface area contributed by atoms with E-state index in [1.807, 2.05) is 47.0 Å². The van der Waals surface area contributed by atoms with Crippen LogP contribution in [0.2, 0.25) is 0 Å². The fourth-order valence-corrected chi connectivity index (χ4v) is 2.99. The molecular weight excluding hydrogens is 352 g/mol. The number of amides is 2. The van der Waals surface area contributed by atoms with Gasteiger partial charge < -0.3 is 15.2 Å². The highest BCUT2D eigenvalue weighted by Gasteiger charge is 2.14. The molecule has 0 fully saturated rings. The molecule has 0 unspecified atom stereocenters. The SMILES string of the molecule is CC(C)CNC(=O)Cn1c(CCNC(=O)c2ccccc2)nc2ccccc21. The predicted octanol–water partition coefficient (Wildman–Crippen LogP) is 2.78. The molecule has 0 atom stereocenters. The molecule has 0 spiro atoms. The number of benzene rings is 2. The van der Waals surface area contributed by atoms with Gasteiger partial charge in [-0.1, -0.05) is 44.2 Å². The zero-order valence-electron chi connectivity index (χ0n) is 16.3. The lowest BCUT2D eigenvalue weighted by molar-refractivity contribution is -0.121. The van der Waals surface area contributed by atoms with Crippen molar-refractivity contribution in [2.45, 2.75) is 26.8 Å². The van der Waals surface area contributed by atoms with E-state index in [2.05, 4.69) is 29.5 Å². The maximum atomic E-state index is 12.3. The molecule has 3 aromatic rings. The molecule has 0 bridgehead atoms. The molecule has 0 aliphatic carbocycles. The van der Waals surface area contributed by atoms with E-state index < -0.39 is 0 Å². The second kappa shape index (κ2) is 9.17. The zero-order chi connectivity index (χ0) is 19.9. The Morgan fingerprint density at radius 1 is 1.00 bits per heavy atom. The number of carbonyl (C=O) groups excluding carboxylic acids is 2. The topological polar surface area (TPSA) is 76.0 Å². The number of imidazole rings is 1. The van der Waals surface area contributed by atoms with Crippen LogP contribution in [0.4, 0.5) is 0 Å². The van der Waals surface area contributed by atoms with Gasteiger partial charge in [-0.2, -0.15) is 0 Å². The highest BCUT2D eigenvalue weighted by molar-refractivity contribution is 5.94. The summed E-state index contributed by atoms with van der Waals surface area (Å²) in [7, 11) is 0. The Labute approximate surface area is 165 Å². The maximum Gasteiger partial charge on any atom is 0.251 e. The molecule has 146 valence electrons. The number of nitrogens with zero attached hydrogens (tertiary/aromatic N) is 2. The van der Waals surface area contributed by atoms with Crippen molar-refractivity contribution < 1.29 is 9.59 Å². The first-order chi connectivity index (χ1) is 13.5. The summed E-state index contributed by atoms with van der Waals surface area (Å²) in [6.07, 6.45) is 0.546. The molecule has 0 radical (unpaired) electrons. The molecule has 1 heterocycles. The van der Waals surface area contributed by atoms with Gasteiger partial charge in [-0.05, 0) is 30.2 Å². The van der Waals surface area contributed by atoms with Gasteiger partial charge in [0.15, 0.2) is 0 Å². The Bertz CT molecular complexity index is 948. The summed E-state index contributed by atoms with van der Waals surface area (Å²) in [4.78, 5) is 29.2. The van der Waals surface area contributed by atoms with Crippen LogP contribution in [0.15, 0.2) is 54.6 Å². The van der Waals surface area contributed by atoms with Crippen molar-refractivity contribution in [1.29, 1.82) is 0 Å². The van der Waals surface area contributed by atoms with Gasteiger partial charge in [-0.3, -0.25) is 9.59 Å². The average molecular weight is 378 g/mol. The van der Waals surface area contributed by atoms with Crippen LogP contribution in [0.1, 0.15) is 30.0 Å². The van der Waals surface area contributed by atoms with Crippen LogP contribution in [0.5, 0.6) is 0 Å². The van der Waals surface area contributed by atoms with Crippen LogP contribution < -0.4 is 10.6 Å². The lowest BCUT2D eigenvalue weighted by atomic mass is 10.2. The van der Waals surface area contributed by atoms with E-state index in [0.717, 1.165) is 16.9 Å². The number of aromatic nitrogens is 2. The third-order valence-corrected chi connectivity index (χ3v) is 4.41. The normalized spacial score (nSPS) is 11.0. The van der Waals surface area contributed by atoms with Crippen molar-refractivity contribution in [3.05, 3.63) is 66.0 Å². The lowest BCUT2D eigenvalue weighted by Crippen LogP contribution is -2.31. The molecule has 2 N–H and O–H groups in total. The minimum absolute atomic E-state index is 0.0357. The molecule has 28 heavy (non-hydrogen) atoms. The lowest BCUT2D eigenvalue weighted by Gasteiger charge is -2.12. The molecule has 3 rings (SSSR count). The van der Waals surface area contributed by atoms with Crippen molar-refractivity contribution in [2.24, 2.45) is 5.92 Å². The molecule has 0 saturated heterocycles. The van der Waals surface area contributed by atoms with Crippen LogP contribution in [0.3, 0.4) is 0 Å². The third kappa shape index (κ3) is 4.97. The van der Waals surface area contributed by atoms with E-state index in [4.69, 9.17) is 0 Å². The average Bonchev–Trinajstić information content (AvgIpc) is 3.04. The van der Waals surface area contributed by atoms with Gasteiger partial charge in [-0.25, -0.2) is 4.98 Å². The Hall–Kier alpha value is -3.15.